The number of aliphatic hydroxyl groups is 1. The second-order valence-corrected chi connectivity index (χ2v) is 6.93. The van der Waals surface area contributed by atoms with Gasteiger partial charge in [-0.3, -0.25) is 4.79 Å². The van der Waals surface area contributed by atoms with E-state index in [1.165, 1.54) is 32.8 Å². The number of methoxy groups -OCH3 is 1. The highest BCUT2D eigenvalue weighted by atomic mass is 16.5. The Morgan fingerprint density at radius 2 is 2.04 bits per heavy atom. The first-order chi connectivity index (χ1) is 11.7. The number of hydrogen-bond acceptors (Lipinski definition) is 3. The van der Waals surface area contributed by atoms with Crippen LogP contribution in [-0.2, 0) is 9.53 Å². The summed E-state index contributed by atoms with van der Waals surface area (Å²) in [6, 6.07) is 0. The van der Waals surface area contributed by atoms with Gasteiger partial charge in [0, 0.05) is 12.3 Å². The number of rotatable bonds is 13. The van der Waals surface area contributed by atoms with E-state index in [9.17, 15) is 9.90 Å². The Morgan fingerprint density at radius 1 is 1.25 bits per heavy atom. The third kappa shape index (κ3) is 8.68. The van der Waals surface area contributed by atoms with E-state index >= 15 is 0 Å². The van der Waals surface area contributed by atoms with Gasteiger partial charge >= 0.3 is 5.97 Å². The van der Waals surface area contributed by atoms with Gasteiger partial charge in [-0.1, -0.05) is 63.3 Å². The number of allylic oxidation sites excluding steroid dienone is 4. The fraction of sp³-hybridized carbons (Fsp3) is 0.762. The lowest BCUT2D eigenvalue weighted by Crippen LogP contribution is -2.23. The third-order valence-electron chi connectivity index (χ3n) is 4.95. The maximum absolute atomic E-state index is 11.1. The molecule has 0 amide bonds. The minimum atomic E-state index is -0.243. The molecule has 0 bridgehead atoms. The highest BCUT2D eigenvalue weighted by Gasteiger charge is 2.27. The van der Waals surface area contributed by atoms with Crippen molar-refractivity contribution in [3.63, 3.8) is 0 Å². The molecule has 1 N–H and O–H groups in total. The van der Waals surface area contributed by atoms with E-state index in [1.807, 2.05) is 0 Å². The Hall–Kier alpha value is -1.09. The van der Waals surface area contributed by atoms with Gasteiger partial charge in [0.05, 0.1) is 13.2 Å². The van der Waals surface area contributed by atoms with E-state index in [0.717, 1.165) is 38.5 Å². The first-order valence-corrected chi connectivity index (χ1v) is 9.77. The number of carbonyl (C=O) groups excluding carboxylic acids is 1. The molecule has 0 aliphatic heterocycles. The van der Waals surface area contributed by atoms with Gasteiger partial charge in [-0.05, 0) is 38.0 Å². The van der Waals surface area contributed by atoms with Crippen LogP contribution in [0.3, 0.4) is 0 Å². The number of hydrogen-bond donors (Lipinski definition) is 1. The summed E-state index contributed by atoms with van der Waals surface area (Å²) in [6.45, 7) is 2.24. The van der Waals surface area contributed by atoms with Crippen LogP contribution >= 0.6 is 0 Å². The van der Waals surface area contributed by atoms with E-state index < -0.39 is 0 Å². The van der Waals surface area contributed by atoms with Crippen molar-refractivity contribution < 1.29 is 14.6 Å². The van der Waals surface area contributed by atoms with Crippen molar-refractivity contribution in [2.24, 2.45) is 11.8 Å². The summed E-state index contributed by atoms with van der Waals surface area (Å²) in [5.41, 5.74) is 0. The molecule has 0 aromatic heterocycles. The van der Waals surface area contributed by atoms with E-state index in [-0.39, 0.29) is 12.1 Å². The molecule has 0 aromatic rings. The second-order valence-electron chi connectivity index (χ2n) is 6.93. The summed E-state index contributed by atoms with van der Waals surface area (Å²) < 4.78 is 4.64. The van der Waals surface area contributed by atoms with E-state index in [1.54, 1.807) is 0 Å². The first-order valence-electron chi connectivity index (χ1n) is 9.77. The SMILES string of the molecule is CCCCCCC=CC1C=CCC1C(O)CCCCCC(=O)OC. The minimum Gasteiger partial charge on any atom is -0.469 e. The largest absolute Gasteiger partial charge is 0.469 e. The van der Waals surface area contributed by atoms with Crippen LogP contribution in [0, 0.1) is 11.8 Å². The van der Waals surface area contributed by atoms with Gasteiger partial charge in [-0.25, -0.2) is 0 Å². The fourth-order valence-corrected chi connectivity index (χ4v) is 3.37. The monoisotopic (exact) mass is 336 g/mol. The van der Waals surface area contributed by atoms with Gasteiger partial charge in [0.2, 0.25) is 0 Å². The Labute approximate surface area is 148 Å². The molecule has 0 heterocycles. The Bertz CT molecular complexity index is 387. The number of unbranched alkanes of at least 4 members (excludes halogenated alkanes) is 6. The van der Waals surface area contributed by atoms with Gasteiger partial charge in [-0.2, -0.15) is 0 Å². The van der Waals surface area contributed by atoms with E-state index in [0.29, 0.717) is 18.3 Å². The van der Waals surface area contributed by atoms with Crippen LogP contribution in [0.4, 0.5) is 0 Å². The molecule has 1 rings (SSSR count). The maximum Gasteiger partial charge on any atom is 0.305 e. The predicted octanol–water partition coefficient (Wildman–Crippen LogP) is 5.19. The summed E-state index contributed by atoms with van der Waals surface area (Å²) in [4.78, 5) is 11.1. The summed E-state index contributed by atoms with van der Waals surface area (Å²) in [7, 11) is 1.43. The number of aliphatic hydroxyl groups excluding tert-OH is 1. The summed E-state index contributed by atoms with van der Waals surface area (Å²) in [5, 5.41) is 10.5. The summed E-state index contributed by atoms with van der Waals surface area (Å²) >= 11 is 0. The zero-order valence-corrected chi connectivity index (χ0v) is 15.6. The second kappa shape index (κ2) is 13.2. The van der Waals surface area contributed by atoms with Gasteiger partial charge < -0.3 is 9.84 Å². The molecule has 0 spiro atoms. The van der Waals surface area contributed by atoms with Gasteiger partial charge in [0.15, 0.2) is 0 Å². The van der Waals surface area contributed by atoms with Gasteiger partial charge in [-0.15, -0.1) is 0 Å². The van der Waals surface area contributed by atoms with Crippen LogP contribution in [0.1, 0.15) is 77.6 Å². The lowest BCUT2D eigenvalue weighted by Gasteiger charge is -2.23. The molecule has 0 aromatic carbocycles. The Balaban J connectivity index is 2.19. The Kier molecular flexibility index (Phi) is 11.5. The topological polar surface area (TPSA) is 46.5 Å². The normalized spacial score (nSPS) is 21.5. The van der Waals surface area contributed by atoms with Gasteiger partial charge in [0.1, 0.15) is 0 Å². The third-order valence-corrected chi connectivity index (χ3v) is 4.95. The molecule has 3 nitrogen and oxygen atoms in total. The van der Waals surface area contributed by atoms with E-state index in [4.69, 9.17) is 0 Å². The molecule has 138 valence electrons. The maximum atomic E-state index is 11.1. The molecule has 0 saturated carbocycles. The van der Waals surface area contributed by atoms with Crippen molar-refractivity contribution in [1.82, 2.24) is 0 Å². The van der Waals surface area contributed by atoms with Crippen LogP contribution < -0.4 is 0 Å². The highest BCUT2D eigenvalue weighted by molar-refractivity contribution is 5.68. The molecular weight excluding hydrogens is 300 g/mol. The zero-order valence-electron chi connectivity index (χ0n) is 15.6. The number of esters is 1. The average Bonchev–Trinajstić information content (AvgIpc) is 3.05. The molecule has 1 aliphatic rings. The number of carbonyl (C=O) groups is 1. The molecule has 24 heavy (non-hydrogen) atoms. The van der Waals surface area contributed by atoms with Crippen LogP contribution in [0.15, 0.2) is 24.3 Å². The molecule has 0 radical (unpaired) electrons. The molecule has 1 aliphatic carbocycles. The minimum absolute atomic E-state index is 0.139. The molecule has 3 unspecified atom stereocenters. The zero-order chi connectivity index (χ0) is 17.6. The fourth-order valence-electron chi connectivity index (χ4n) is 3.37. The summed E-state index contributed by atoms with van der Waals surface area (Å²) in [5.74, 6) is 0.582. The lowest BCUT2D eigenvalue weighted by molar-refractivity contribution is -0.140. The van der Waals surface area contributed by atoms with Crippen LogP contribution in [0.25, 0.3) is 0 Å². The highest BCUT2D eigenvalue weighted by Crippen LogP contribution is 2.31. The predicted molar refractivity (Wildman–Crippen MR) is 99.7 cm³/mol. The van der Waals surface area contributed by atoms with Crippen LogP contribution in [0.5, 0.6) is 0 Å². The quantitative estimate of drug-likeness (QED) is 0.286. The van der Waals surface area contributed by atoms with Crippen molar-refractivity contribution in [2.75, 3.05) is 7.11 Å². The summed E-state index contributed by atoms with van der Waals surface area (Å²) in [6.07, 6.45) is 20.2. The van der Waals surface area contributed by atoms with E-state index in [2.05, 4.69) is 36.0 Å². The van der Waals surface area contributed by atoms with Crippen LogP contribution in [0.2, 0.25) is 0 Å². The smallest absolute Gasteiger partial charge is 0.305 e. The van der Waals surface area contributed by atoms with Crippen molar-refractivity contribution in [1.29, 1.82) is 0 Å². The van der Waals surface area contributed by atoms with Crippen molar-refractivity contribution in [2.45, 2.75) is 83.7 Å². The van der Waals surface area contributed by atoms with Crippen molar-refractivity contribution >= 4 is 5.97 Å². The Morgan fingerprint density at radius 3 is 2.79 bits per heavy atom. The van der Waals surface area contributed by atoms with Crippen LogP contribution in [-0.4, -0.2) is 24.3 Å². The lowest BCUT2D eigenvalue weighted by atomic mass is 9.87. The first kappa shape index (κ1) is 21.0. The molecular formula is C21H36O3. The van der Waals surface area contributed by atoms with Crippen molar-refractivity contribution in [3.05, 3.63) is 24.3 Å². The molecule has 3 heteroatoms. The molecule has 0 saturated heterocycles. The molecule has 3 atom stereocenters. The average molecular weight is 337 g/mol. The standard InChI is InChI=1S/C21H36O3/c1-3-4-5-6-7-9-13-18-14-12-15-19(18)20(22)16-10-8-11-17-21(23)24-2/h9,12-14,18-20,22H,3-8,10-11,15-17H2,1-2H3. The number of ether oxygens (including phenoxy) is 1. The van der Waals surface area contributed by atoms with Gasteiger partial charge in [0.25, 0.3) is 0 Å². The molecule has 0 fully saturated rings. The van der Waals surface area contributed by atoms with Crippen molar-refractivity contribution in [3.8, 4) is 0 Å².